The van der Waals surface area contributed by atoms with Crippen LogP contribution in [0.25, 0.3) is 0 Å². The van der Waals surface area contributed by atoms with Crippen molar-refractivity contribution >= 4 is 38.9 Å². The van der Waals surface area contributed by atoms with E-state index in [-0.39, 0.29) is 4.90 Å². The molecule has 0 aromatic heterocycles. The van der Waals surface area contributed by atoms with Crippen molar-refractivity contribution in [3.05, 3.63) is 83.4 Å². The molecule has 0 radical (unpaired) electrons. The minimum absolute atomic E-state index is 0.0575. The molecule has 1 N–H and O–H groups in total. The third-order valence-corrected chi connectivity index (χ3v) is 6.60. The number of nitrogens with zero attached hydrogens (tertiary/aromatic N) is 1. The number of ether oxygens (including phenoxy) is 1. The molecule has 0 unspecified atom stereocenters. The van der Waals surface area contributed by atoms with Crippen molar-refractivity contribution in [1.82, 2.24) is 0 Å². The van der Waals surface area contributed by atoms with Crippen LogP contribution in [0.3, 0.4) is 0 Å². The highest BCUT2D eigenvalue weighted by Gasteiger charge is 2.27. The number of halogens is 1. The monoisotopic (exact) mass is 458 g/mol. The average molecular weight is 459 g/mol. The van der Waals surface area contributed by atoms with Crippen molar-refractivity contribution in [1.29, 1.82) is 0 Å². The predicted molar refractivity (Wildman–Crippen MR) is 123 cm³/mol. The van der Waals surface area contributed by atoms with E-state index in [1.54, 1.807) is 60.7 Å². The van der Waals surface area contributed by atoms with E-state index in [1.807, 2.05) is 13.8 Å². The molecule has 3 aromatic rings. The topological polar surface area (TPSA) is 75.7 Å². The Bertz CT molecular complexity index is 1150. The highest BCUT2D eigenvalue weighted by atomic mass is 35.5. The fourth-order valence-corrected chi connectivity index (χ4v) is 4.51. The Morgan fingerprint density at radius 2 is 1.65 bits per heavy atom. The number of hydrogen-bond donors (Lipinski definition) is 1. The van der Waals surface area contributed by atoms with Gasteiger partial charge in [0.25, 0.3) is 10.0 Å². The summed E-state index contributed by atoms with van der Waals surface area (Å²) in [6.07, 6.45) is 0. The van der Waals surface area contributed by atoms with Gasteiger partial charge in [0.2, 0.25) is 5.91 Å². The first-order valence-corrected chi connectivity index (χ1v) is 11.5. The van der Waals surface area contributed by atoms with E-state index in [0.717, 1.165) is 9.87 Å². The zero-order chi connectivity index (χ0) is 22.4. The van der Waals surface area contributed by atoms with Crippen LogP contribution in [0.1, 0.15) is 12.5 Å². The highest BCUT2D eigenvalue weighted by molar-refractivity contribution is 7.92. The van der Waals surface area contributed by atoms with Gasteiger partial charge in [0.15, 0.2) is 0 Å². The van der Waals surface area contributed by atoms with Crippen molar-refractivity contribution in [3.63, 3.8) is 0 Å². The molecule has 0 heterocycles. The first-order chi connectivity index (χ1) is 14.8. The summed E-state index contributed by atoms with van der Waals surface area (Å²) in [5.41, 5.74) is 1.77. The maximum Gasteiger partial charge on any atom is 0.264 e. The van der Waals surface area contributed by atoms with Crippen LogP contribution in [0.5, 0.6) is 5.75 Å². The second-order valence-corrected chi connectivity index (χ2v) is 9.05. The van der Waals surface area contributed by atoms with E-state index in [0.29, 0.717) is 28.8 Å². The molecule has 0 fully saturated rings. The van der Waals surface area contributed by atoms with Crippen LogP contribution in [-0.4, -0.2) is 27.5 Å². The summed E-state index contributed by atoms with van der Waals surface area (Å²) >= 11 is 6.11. The van der Waals surface area contributed by atoms with Gasteiger partial charge in [0.05, 0.1) is 27.9 Å². The number of nitrogens with one attached hydrogen (secondary N) is 1. The van der Waals surface area contributed by atoms with Crippen LogP contribution < -0.4 is 14.4 Å². The molecule has 0 saturated heterocycles. The summed E-state index contributed by atoms with van der Waals surface area (Å²) in [6.45, 7) is 3.81. The number of carbonyl (C=O) groups is 1. The number of aryl methyl sites for hydroxylation is 1. The van der Waals surface area contributed by atoms with Crippen LogP contribution >= 0.6 is 11.6 Å². The van der Waals surface area contributed by atoms with Gasteiger partial charge in [-0.05, 0) is 62.4 Å². The lowest BCUT2D eigenvalue weighted by molar-refractivity contribution is -0.114. The molecule has 0 saturated carbocycles. The number of sulfonamides is 1. The normalized spacial score (nSPS) is 11.1. The summed E-state index contributed by atoms with van der Waals surface area (Å²) in [5.74, 6) is 0.0583. The van der Waals surface area contributed by atoms with Crippen molar-refractivity contribution < 1.29 is 17.9 Å². The minimum Gasteiger partial charge on any atom is -0.494 e. The lowest BCUT2D eigenvalue weighted by Crippen LogP contribution is -2.38. The third-order valence-electron chi connectivity index (χ3n) is 4.48. The van der Waals surface area contributed by atoms with Crippen molar-refractivity contribution in [2.75, 3.05) is 22.8 Å². The zero-order valence-corrected chi connectivity index (χ0v) is 18.8. The van der Waals surface area contributed by atoms with Gasteiger partial charge in [-0.15, -0.1) is 0 Å². The number of benzene rings is 3. The van der Waals surface area contributed by atoms with Gasteiger partial charge in [-0.1, -0.05) is 41.4 Å². The average Bonchev–Trinajstić information content (AvgIpc) is 2.75. The van der Waals surface area contributed by atoms with Crippen LogP contribution in [0.2, 0.25) is 5.02 Å². The Morgan fingerprint density at radius 1 is 1.00 bits per heavy atom. The van der Waals surface area contributed by atoms with Crippen LogP contribution in [-0.2, 0) is 14.8 Å². The molecule has 0 bridgehead atoms. The molecule has 8 heteroatoms. The van der Waals surface area contributed by atoms with Gasteiger partial charge in [0.1, 0.15) is 12.3 Å². The molecule has 0 aliphatic rings. The third kappa shape index (κ3) is 5.57. The van der Waals surface area contributed by atoms with E-state index in [1.165, 1.54) is 12.1 Å². The molecular formula is C23H23ClN2O4S. The fourth-order valence-electron chi connectivity index (χ4n) is 2.91. The van der Waals surface area contributed by atoms with E-state index >= 15 is 0 Å². The molecule has 3 rings (SSSR count). The van der Waals surface area contributed by atoms with E-state index in [4.69, 9.17) is 16.3 Å². The Balaban J connectivity index is 1.93. The predicted octanol–water partition coefficient (Wildman–Crippen LogP) is 4.88. The van der Waals surface area contributed by atoms with E-state index in [2.05, 4.69) is 5.32 Å². The van der Waals surface area contributed by atoms with Crippen LogP contribution in [0.4, 0.5) is 11.4 Å². The number of hydrogen-bond acceptors (Lipinski definition) is 4. The van der Waals surface area contributed by atoms with E-state index < -0.39 is 22.5 Å². The molecule has 1 amide bonds. The standard InChI is InChI=1S/C23H23ClN2O4S/c1-3-30-19-12-14-20(15-13-19)31(28,29)26(18-10-8-17(2)9-11-18)16-23(27)25-22-7-5-4-6-21(22)24/h4-15H,3,16H2,1-2H3,(H,25,27). The van der Waals surface area contributed by atoms with Gasteiger partial charge in [0, 0.05) is 0 Å². The van der Waals surface area contributed by atoms with Crippen molar-refractivity contribution in [2.45, 2.75) is 18.7 Å². The summed E-state index contributed by atoms with van der Waals surface area (Å²) in [4.78, 5) is 12.8. The number of amides is 1. The first kappa shape index (κ1) is 22.7. The van der Waals surface area contributed by atoms with Gasteiger partial charge >= 0.3 is 0 Å². The Hall–Kier alpha value is -3.03. The van der Waals surface area contributed by atoms with Gasteiger partial charge in [-0.25, -0.2) is 8.42 Å². The number of anilines is 2. The maximum absolute atomic E-state index is 13.4. The lowest BCUT2D eigenvalue weighted by Gasteiger charge is -2.24. The maximum atomic E-state index is 13.4. The Labute approximate surface area is 187 Å². The minimum atomic E-state index is -4.01. The van der Waals surface area contributed by atoms with Gasteiger partial charge in [-0.3, -0.25) is 9.10 Å². The van der Waals surface area contributed by atoms with Gasteiger partial charge < -0.3 is 10.1 Å². The Kier molecular flexibility index (Phi) is 7.20. The SMILES string of the molecule is CCOc1ccc(S(=O)(=O)N(CC(=O)Nc2ccccc2Cl)c2ccc(C)cc2)cc1. The summed E-state index contributed by atoms with van der Waals surface area (Å²) in [7, 11) is -4.01. The molecule has 0 spiro atoms. The van der Waals surface area contributed by atoms with Gasteiger partial charge in [-0.2, -0.15) is 0 Å². The van der Waals surface area contributed by atoms with E-state index in [9.17, 15) is 13.2 Å². The second-order valence-electron chi connectivity index (χ2n) is 6.78. The Morgan fingerprint density at radius 3 is 2.26 bits per heavy atom. The quantitative estimate of drug-likeness (QED) is 0.522. The van der Waals surface area contributed by atoms with Crippen LogP contribution in [0.15, 0.2) is 77.7 Å². The summed E-state index contributed by atoms with van der Waals surface area (Å²) in [5, 5.41) is 3.04. The molecular weight excluding hydrogens is 436 g/mol. The fraction of sp³-hybridized carbons (Fsp3) is 0.174. The highest BCUT2D eigenvalue weighted by Crippen LogP contribution is 2.26. The molecule has 6 nitrogen and oxygen atoms in total. The molecule has 0 aliphatic heterocycles. The lowest BCUT2D eigenvalue weighted by atomic mass is 10.2. The van der Waals surface area contributed by atoms with Crippen LogP contribution in [0, 0.1) is 6.92 Å². The molecule has 3 aromatic carbocycles. The second kappa shape index (κ2) is 9.85. The summed E-state index contributed by atoms with van der Waals surface area (Å²) < 4.78 is 33.3. The van der Waals surface area contributed by atoms with Crippen molar-refractivity contribution in [2.24, 2.45) is 0 Å². The molecule has 0 atom stereocenters. The molecule has 31 heavy (non-hydrogen) atoms. The molecule has 162 valence electrons. The summed E-state index contributed by atoms with van der Waals surface area (Å²) in [6, 6.07) is 19.8. The van der Waals surface area contributed by atoms with Crippen molar-refractivity contribution in [3.8, 4) is 5.75 Å². The smallest absolute Gasteiger partial charge is 0.264 e. The molecule has 0 aliphatic carbocycles. The largest absolute Gasteiger partial charge is 0.494 e. The number of carbonyl (C=O) groups excluding carboxylic acids is 1. The zero-order valence-electron chi connectivity index (χ0n) is 17.2. The first-order valence-electron chi connectivity index (χ1n) is 9.68. The number of rotatable bonds is 8. The number of para-hydroxylation sites is 1.